The SMILES string of the molecule is CC(N/C=C(/C#N)C(=O)Nc1cccc2c(O)cccc12)C12CC3CC(CC(C3)C1)C2. The summed E-state index contributed by atoms with van der Waals surface area (Å²) in [5, 5.41) is 27.3. The monoisotopic (exact) mass is 415 g/mol. The number of phenolic OH excluding ortho intramolecular Hbond substituents is 1. The number of aromatic hydroxyl groups is 1. The number of phenols is 1. The summed E-state index contributed by atoms with van der Waals surface area (Å²) < 4.78 is 0. The number of benzene rings is 2. The number of carbonyl (C=O) groups excluding carboxylic acids is 1. The molecule has 6 rings (SSSR count). The molecule has 31 heavy (non-hydrogen) atoms. The fourth-order valence-corrected chi connectivity index (χ4v) is 6.83. The second kappa shape index (κ2) is 7.60. The van der Waals surface area contributed by atoms with Crippen molar-refractivity contribution in [3.8, 4) is 11.8 Å². The fourth-order valence-electron chi connectivity index (χ4n) is 6.83. The summed E-state index contributed by atoms with van der Waals surface area (Å²) in [6, 6.07) is 12.8. The van der Waals surface area contributed by atoms with Gasteiger partial charge in [0.1, 0.15) is 17.4 Å². The third kappa shape index (κ3) is 3.54. The molecule has 1 unspecified atom stereocenters. The molecular formula is C26H29N3O2. The van der Waals surface area contributed by atoms with E-state index in [1.54, 1.807) is 36.5 Å². The Morgan fingerprint density at radius 1 is 1.10 bits per heavy atom. The Hall–Kier alpha value is -3.00. The maximum Gasteiger partial charge on any atom is 0.267 e. The molecule has 4 saturated carbocycles. The Morgan fingerprint density at radius 2 is 1.71 bits per heavy atom. The van der Waals surface area contributed by atoms with Gasteiger partial charge < -0.3 is 15.7 Å². The number of hydrogen-bond donors (Lipinski definition) is 3. The third-order valence-corrected chi connectivity index (χ3v) is 7.99. The number of fused-ring (bicyclic) bond motifs is 1. The van der Waals surface area contributed by atoms with Crippen LogP contribution in [0.4, 0.5) is 5.69 Å². The third-order valence-electron chi connectivity index (χ3n) is 7.99. The average molecular weight is 416 g/mol. The molecule has 1 amide bonds. The normalized spacial score (nSPS) is 30.1. The van der Waals surface area contributed by atoms with Crippen LogP contribution in [0, 0.1) is 34.5 Å². The summed E-state index contributed by atoms with van der Waals surface area (Å²) in [6.07, 6.45) is 9.61. The van der Waals surface area contributed by atoms with Crippen LogP contribution < -0.4 is 10.6 Å². The van der Waals surface area contributed by atoms with Crippen LogP contribution in [0.1, 0.15) is 45.4 Å². The van der Waals surface area contributed by atoms with Crippen LogP contribution in [0.15, 0.2) is 48.2 Å². The summed E-state index contributed by atoms with van der Waals surface area (Å²) >= 11 is 0. The van der Waals surface area contributed by atoms with E-state index in [0.29, 0.717) is 16.5 Å². The van der Waals surface area contributed by atoms with Crippen LogP contribution >= 0.6 is 0 Å². The fraction of sp³-hybridized carbons (Fsp3) is 0.462. The molecule has 4 aliphatic rings. The summed E-state index contributed by atoms with van der Waals surface area (Å²) in [5.41, 5.74) is 0.942. The van der Waals surface area contributed by atoms with E-state index >= 15 is 0 Å². The van der Waals surface area contributed by atoms with E-state index in [-0.39, 0.29) is 17.4 Å². The van der Waals surface area contributed by atoms with Gasteiger partial charge in [0.2, 0.25) is 0 Å². The van der Waals surface area contributed by atoms with Crippen LogP contribution in [0.3, 0.4) is 0 Å². The first kappa shape index (κ1) is 19.9. The van der Waals surface area contributed by atoms with E-state index in [1.807, 2.05) is 12.1 Å². The Morgan fingerprint density at radius 3 is 2.35 bits per heavy atom. The van der Waals surface area contributed by atoms with Crippen molar-refractivity contribution in [2.75, 3.05) is 5.32 Å². The molecule has 1 atom stereocenters. The predicted molar refractivity (Wildman–Crippen MR) is 121 cm³/mol. The van der Waals surface area contributed by atoms with Crippen molar-refractivity contribution in [2.45, 2.75) is 51.5 Å². The molecule has 0 aromatic heterocycles. The van der Waals surface area contributed by atoms with E-state index in [4.69, 9.17) is 0 Å². The number of nitrogens with one attached hydrogen (secondary N) is 2. The lowest BCUT2D eigenvalue weighted by atomic mass is 9.48. The van der Waals surface area contributed by atoms with Gasteiger partial charge in [0, 0.05) is 28.7 Å². The molecule has 0 spiro atoms. The van der Waals surface area contributed by atoms with Gasteiger partial charge in [-0.1, -0.05) is 24.3 Å². The van der Waals surface area contributed by atoms with Gasteiger partial charge in [0.15, 0.2) is 0 Å². The van der Waals surface area contributed by atoms with E-state index in [2.05, 4.69) is 17.6 Å². The van der Waals surface area contributed by atoms with Gasteiger partial charge in [-0.05, 0) is 80.8 Å². The standard InChI is InChI=1S/C26H29N3O2/c1-16(26-11-17-8-18(12-26)10-19(9-17)13-26)28-15-20(14-27)25(31)29-23-6-2-5-22-21(23)4-3-7-24(22)30/h2-7,15-19,28,30H,8-13H2,1H3,(H,29,31)/b20-15-. The first-order valence-corrected chi connectivity index (χ1v) is 11.4. The van der Waals surface area contributed by atoms with E-state index in [9.17, 15) is 15.2 Å². The highest BCUT2D eigenvalue weighted by Crippen LogP contribution is 2.61. The van der Waals surface area contributed by atoms with E-state index in [0.717, 1.165) is 23.1 Å². The largest absolute Gasteiger partial charge is 0.507 e. The lowest BCUT2D eigenvalue weighted by Gasteiger charge is -2.59. The maximum atomic E-state index is 12.8. The average Bonchev–Trinajstić information content (AvgIpc) is 2.74. The van der Waals surface area contributed by atoms with Crippen molar-refractivity contribution in [2.24, 2.45) is 23.2 Å². The molecule has 0 aliphatic heterocycles. The molecule has 4 aliphatic carbocycles. The highest BCUT2D eigenvalue weighted by atomic mass is 16.3. The minimum Gasteiger partial charge on any atom is -0.507 e. The van der Waals surface area contributed by atoms with Crippen LogP contribution in [0.5, 0.6) is 5.75 Å². The zero-order chi connectivity index (χ0) is 21.6. The molecule has 4 bridgehead atoms. The van der Waals surface area contributed by atoms with Crippen molar-refractivity contribution in [3.05, 3.63) is 48.2 Å². The molecule has 0 saturated heterocycles. The summed E-state index contributed by atoms with van der Waals surface area (Å²) in [6.45, 7) is 2.21. The molecule has 4 fully saturated rings. The van der Waals surface area contributed by atoms with Crippen molar-refractivity contribution in [1.82, 2.24) is 5.32 Å². The van der Waals surface area contributed by atoms with Gasteiger partial charge in [-0.15, -0.1) is 0 Å². The number of nitrogens with zero attached hydrogens (tertiary/aromatic N) is 1. The lowest BCUT2D eigenvalue weighted by molar-refractivity contribution is -0.112. The Labute approximate surface area is 183 Å². The highest BCUT2D eigenvalue weighted by molar-refractivity contribution is 6.11. The van der Waals surface area contributed by atoms with Gasteiger partial charge in [-0.3, -0.25) is 4.79 Å². The number of carbonyl (C=O) groups is 1. The number of nitriles is 1. The molecule has 5 heteroatoms. The first-order valence-electron chi connectivity index (χ1n) is 11.4. The van der Waals surface area contributed by atoms with Crippen LogP contribution in [0.25, 0.3) is 10.8 Å². The summed E-state index contributed by atoms with van der Waals surface area (Å²) in [4.78, 5) is 12.8. The molecular weight excluding hydrogens is 386 g/mol. The maximum absolute atomic E-state index is 12.8. The van der Waals surface area contributed by atoms with Crippen LogP contribution in [0.2, 0.25) is 0 Å². The Kier molecular flexibility index (Phi) is 4.89. The van der Waals surface area contributed by atoms with Crippen molar-refractivity contribution < 1.29 is 9.90 Å². The number of hydrogen-bond acceptors (Lipinski definition) is 4. The van der Waals surface area contributed by atoms with Crippen molar-refractivity contribution >= 4 is 22.4 Å². The molecule has 5 nitrogen and oxygen atoms in total. The Bertz CT molecular complexity index is 1060. The number of amides is 1. The topological polar surface area (TPSA) is 85.2 Å². The van der Waals surface area contributed by atoms with Crippen molar-refractivity contribution in [3.63, 3.8) is 0 Å². The molecule has 160 valence electrons. The van der Waals surface area contributed by atoms with Crippen molar-refractivity contribution in [1.29, 1.82) is 5.26 Å². The zero-order valence-electron chi connectivity index (χ0n) is 17.9. The van der Waals surface area contributed by atoms with Crippen LogP contribution in [-0.4, -0.2) is 17.1 Å². The van der Waals surface area contributed by atoms with Crippen LogP contribution in [-0.2, 0) is 4.79 Å². The minimum absolute atomic E-state index is 0.0636. The second-order valence-electron chi connectivity index (χ2n) is 9.97. The van der Waals surface area contributed by atoms with Gasteiger partial charge >= 0.3 is 0 Å². The molecule has 0 heterocycles. The quantitative estimate of drug-likeness (QED) is 0.469. The number of anilines is 1. The van der Waals surface area contributed by atoms with Gasteiger partial charge in [-0.25, -0.2) is 0 Å². The minimum atomic E-state index is -0.441. The second-order valence-corrected chi connectivity index (χ2v) is 9.97. The highest BCUT2D eigenvalue weighted by Gasteiger charge is 2.53. The molecule has 2 aromatic rings. The molecule has 3 N–H and O–H groups in total. The van der Waals surface area contributed by atoms with E-state index in [1.165, 1.54) is 38.5 Å². The molecule has 0 radical (unpaired) electrons. The lowest BCUT2D eigenvalue weighted by Crippen LogP contribution is -2.54. The smallest absolute Gasteiger partial charge is 0.267 e. The molecule has 2 aromatic carbocycles. The van der Waals surface area contributed by atoms with E-state index < -0.39 is 5.91 Å². The van der Waals surface area contributed by atoms with Gasteiger partial charge in [-0.2, -0.15) is 5.26 Å². The summed E-state index contributed by atoms with van der Waals surface area (Å²) in [7, 11) is 0. The zero-order valence-corrected chi connectivity index (χ0v) is 17.9. The first-order chi connectivity index (χ1) is 15.0. The number of rotatable bonds is 5. The van der Waals surface area contributed by atoms with Gasteiger partial charge in [0.05, 0.1) is 0 Å². The predicted octanol–water partition coefficient (Wildman–Crippen LogP) is 5.09. The van der Waals surface area contributed by atoms with Gasteiger partial charge in [0.25, 0.3) is 5.91 Å². The Balaban J connectivity index is 1.31. The summed E-state index contributed by atoms with van der Waals surface area (Å²) in [5.74, 6) is 2.31.